The van der Waals surface area contributed by atoms with Gasteiger partial charge in [0.2, 0.25) is 0 Å². The first-order valence-electron chi connectivity index (χ1n) is 4.44. The summed E-state index contributed by atoms with van der Waals surface area (Å²) < 4.78 is 0. The van der Waals surface area contributed by atoms with Crippen molar-refractivity contribution in [1.29, 1.82) is 0 Å². The molecule has 0 unspecified atom stereocenters. The lowest BCUT2D eigenvalue weighted by Gasteiger charge is -2.16. The second-order valence-electron chi connectivity index (χ2n) is 3.37. The normalized spacial score (nSPS) is 10.0. The van der Waals surface area contributed by atoms with Crippen LogP contribution in [-0.2, 0) is 0 Å². The molecule has 3 heteroatoms. The second kappa shape index (κ2) is 4.51. The number of anilines is 1. The first kappa shape index (κ1) is 11.1. The topological polar surface area (TPSA) is 20.3 Å². The SMILES string of the molecule is CSC(=O)N(C)c1cc(C)cc(C)c1. The van der Waals surface area contributed by atoms with Crippen LogP contribution in [0, 0.1) is 13.8 Å². The van der Waals surface area contributed by atoms with Crippen LogP contribution in [0.4, 0.5) is 10.5 Å². The van der Waals surface area contributed by atoms with Gasteiger partial charge in [0.25, 0.3) is 5.24 Å². The van der Waals surface area contributed by atoms with E-state index in [1.807, 2.05) is 26.0 Å². The van der Waals surface area contributed by atoms with Crippen molar-refractivity contribution in [2.24, 2.45) is 0 Å². The van der Waals surface area contributed by atoms with Crippen molar-refractivity contribution < 1.29 is 4.79 Å². The van der Waals surface area contributed by atoms with Crippen LogP contribution < -0.4 is 4.90 Å². The minimum atomic E-state index is 0.0648. The van der Waals surface area contributed by atoms with Crippen LogP contribution in [0.5, 0.6) is 0 Å². The summed E-state index contributed by atoms with van der Waals surface area (Å²) in [6, 6.07) is 6.13. The van der Waals surface area contributed by atoms with Gasteiger partial charge in [-0.05, 0) is 43.4 Å². The molecule has 0 radical (unpaired) electrons. The van der Waals surface area contributed by atoms with E-state index >= 15 is 0 Å². The summed E-state index contributed by atoms with van der Waals surface area (Å²) in [6.07, 6.45) is 1.79. The number of benzene rings is 1. The Balaban J connectivity index is 3.00. The highest BCUT2D eigenvalue weighted by atomic mass is 32.2. The first-order chi connectivity index (χ1) is 6.54. The molecule has 0 aliphatic carbocycles. The lowest BCUT2D eigenvalue weighted by Crippen LogP contribution is -2.21. The fraction of sp³-hybridized carbons (Fsp3) is 0.364. The van der Waals surface area contributed by atoms with Crippen LogP contribution in [0.1, 0.15) is 11.1 Å². The van der Waals surface area contributed by atoms with Gasteiger partial charge in [-0.3, -0.25) is 4.79 Å². The third-order valence-corrected chi connectivity index (χ3v) is 2.67. The van der Waals surface area contributed by atoms with Crippen molar-refractivity contribution in [2.75, 3.05) is 18.2 Å². The van der Waals surface area contributed by atoms with Crippen LogP contribution >= 0.6 is 11.8 Å². The van der Waals surface area contributed by atoms with Gasteiger partial charge in [0.1, 0.15) is 0 Å². The fourth-order valence-electron chi connectivity index (χ4n) is 1.39. The predicted octanol–water partition coefficient (Wildman–Crippen LogP) is 3.22. The van der Waals surface area contributed by atoms with E-state index < -0.39 is 0 Å². The molecule has 0 aliphatic heterocycles. The Morgan fingerprint density at radius 1 is 1.21 bits per heavy atom. The van der Waals surface area contributed by atoms with Crippen LogP contribution in [0.15, 0.2) is 18.2 Å². The van der Waals surface area contributed by atoms with Gasteiger partial charge in [-0.1, -0.05) is 17.8 Å². The molecule has 2 nitrogen and oxygen atoms in total. The largest absolute Gasteiger partial charge is 0.306 e. The van der Waals surface area contributed by atoms with E-state index in [-0.39, 0.29) is 5.24 Å². The number of thioether (sulfide) groups is 1. The zero-order valence-electron chi connectivity index (χ0n) is 9.00. The van der Waals surface area contributed by atoms with E-state index in [2.05, 4.69) is 6.07 Å². The molecule has 0 bridgehead atoms. The number of aryl methyl sites for hydroxylation is 2. The van der Waals surface area contributed by atoms with E-state index in [1.54, 1.807) is 18.2 Å². The van der Waals surface area contributed by atoms with Crippen LogP contribution in [0.3, 0.4) is 0 Å². The van der Waals surface area contributed by atoms with E-state index in [9.17, 15) is 4.79 Å². The first-order valence-corrected chi connectivity index (χ1v) is 5.67. The molecule has 0 saturated carbocycles. The Bertz CT molecular complexity index is 329. The minimum absolute atomic E-state index is 0.0648. The van der Waals surface area contributed by atoms with Crippen molar-refractivity contribution in [3.05, 3.63) is 29.3 Å². The van der Waals surface area contributed by atoms with Crippen molar-refractivity contribution >= 4 is 22.7 Å². The summed E-state index contributed by atoms with van der Waals surface area (Å²) in [7, 11) is 1.80. The maximum Gasteiger partial charge on any atom is 0.285 e. The predicted molar refractivity (Wildman–Crippen MR) is 63.2 cm³/mol. The molecular formula is C11H15NOS. The number of amides is 1. The third-order valence-electron chi connectivity index (χ3n) is 2.04. The van der Waals surface area contributed by atoms with E-state index in [4.69, 9.17) is 0 Å². The van der Waals surface area contributed by atoms with Crippen LogP contribution in [-0.4, -0.2) is 18.5 Å². The highest BCUT2D eigenvalue weighted by molar-refractivity contribution is 8.13. The van der Waals surface area contributed by atoms with Gasteiger partial charge in [0.15, 0.2) is 0 Å². The van der Waals surface area contributed by atoms with Gasteiger partial charge in [-0.15, -0.1) is 0 Å². The molecule has 1 rings (SSSR count). The molecule has 0 aliphatic rings. The van der Waals surface area contributed by atoms with Crippen LogP contribution in [0.2, 0.25) is 0 Å². The van der Waals surface area contributed by atoms with Gasteiger partial charge in [-0.25, -0.2) is 0 Å². The Labute approximate surface area is 89.3 Å². The smallest absolute Gasteiger partial charge is 0.285 e. The average Bonchev–Trinajstić information content (AvgIpc) is 2.14. The summed E-state index contributed by atoms with van der Waals surface area (Å²) in [5.41, 5.74) is 3.32. The molecular weight excluding hydrogens is 194 g/mol. The molecule has 14 heavy (non-hydrogen) atoms. The molecule has 0 spiro atoms. The van der Waals surface area contributed by atoms with Gasteiger partial charge in [0, 0.05) is 12.7 Å². The third kappa shape index (κ3) is 2.51. The standard InChI is InChI=1S/C11H15NOS/c1-8-5-9(2)7-10(6-8)12(3)11(13)14-4/h5-7H,1-4H3. The monoisotopic (exact) mass is 209 g/mol. The number of nitrogens with zero attached hydrogens (tertiary/aromatic N) is 1. The molecule has 0 atom stereocenters. The summed E-state index contributed by atoms with van der Waals surface area (Å²) in [6.45, 7) is 4.07. The van der Waals surface area contributed by atoms with E-state index in [0.29, 0.717) is 0 Å². The Kier molecular flexibility index (Phi) is 3.58. The van der Waals surface area contributed by atoms with Crippen molar-refractivity contribution in [3.8, 4) is 0 Å². The summed E-state index contributed by atoms with van der Waals surface area (Å²) in [4.78, 5) is 13.1. The van der Waals surface area contributed by atoms with Crippen molar-refractivity contribution in [2.45, 2.75) is 13.8 Å². The molecule has 1 amide bonds. The highest BCUT2D eigenvalue weighted by Gasteiger charge is 2.09. The number of rotatable bonds is 1. The van der Waals surface area contributed by atoms with Gasteiger partial charge in [0.05, 0.1) is 0 Å². The minimum Gasteiger partial charge on any atom is -0.306 e. The van der Waals surface area contributed by atoms with Crippen molar-refractivity contribution in [1.82, 2.24) is 0 Å². The molecule has 1 aromatic carbocycles. The highest BCUT2D eigenvalue weighted by Crippen LogP contribution is 2.19. The Morgan fingerprint density at radius 3 is 2.14 bits per heavy atom. The molecule has 0 fully saturated rings. The molecule has 0 aromatic heterocycles. The van der Waals surface area contributed by atoms with Crippen molar-refractivity contribution in [3.63, 3.8) is 0 Å². The Morgan fingerprint density at radius 2 is 1.71 bits per heavy atom. The quantitative estimate of drug-likeness (QED) is 0.707. The number of carbonyl (C=O) groups is 1. The number of hydrogen-bond acceptors (Lipinski definition) is 2. The summed E-state index contributed by atoms with van der Waals surface area (Å²) >= 11 is 1.23. The molecule has 0 saturated heterocycles. The molecule has 0 heterocycles. The van der Waals surface area contributed by atoms with Gasteiger partial charge >= 0.3 is 0 Å². The fourth-order valence-corrected chi connectivity index (χ4v) is 1.77. The maximum atomic E-state index is 11.4. The van der Waals surface area contributed by atoms with E-state index in [0.717, 1.165) is 5.69 Å². The molecule has 0 N–H and O–H groups in total. The maximum absolute atomic E-state index is 11.4. The molecule has 1 aromatic rings. The summed E-state index contributed by atoms with van der Waals surface area (Å²) in [5, 5.41) is 0.0648. The zero-order valence-corrected chi connectivity index (χ0v) is 9.81. The number of carbonyl (C=O) groups excluding carboxylic acids is 1. The van der Waals surface area contributed by atoms with Crippen LogP contribution in [0.25, 0.3) is 0 Å². The average molecular weight is 209 g/mol. The van der Waals surface area contributed by atoms with Gasteiger partial charge < -0.3 is 4.90 Å². The molecule has 76 valence electrons. The lowest BCUT2D eigenvalue weighted by molar-refractivity contribution is 0.266. The zero-order chi connectivity index (χ0) is 10.7. The lowest BCUT2D eigenvalue weighted by atomic mass is 10.1. The summed E-state index contributed by atoms with van der Waals surface area (Å²) in [5.74, 6) is 0. The second-order valence-corrected chi connectivity index (χ2v) is 4.13. The van der Waals surface area contributed by atoms with Gasteiger partial charge in [-0.2, -0.15) is 0 Å². The Hall–Kier alpha value is -0.960. The number of hydrogen-bond donors (Lipinski definition) is 0. The van der Waals surface area contributed by atoms with E-state index in [1.165, 1.54) is 22.9 Å².